The normalized spacial score (nSPS) is 28.1. The number of likely N-dealkylation sites (tertiary alicyclic amines) is 1. The summed E-state index contributed by atoms with van der Waals surface area (Å²) in [5.41, 5.74) is 0. The highest BCUT2D eigenvalue weighted by Crippen LogP contribution is 2.37. The molecule has 1 aliphatic heterocycles. The van der Waals surface area contributed by atoms with Gasteiger partial charge in [-0.1, -0.05) is 6.42 Å². The molecule has 1 saturated heterocycles. The van der Waals surface area contributed by atoms with Gasteiger partial charge in [0.05, 0.1) is 13.2 Å². The van der Waals surface area contributed by atoms with Gasteiger partial charge < -0.3 is 4.74 Å². The van der Waals surface area contributed by atoms with E-state index in [2.05, 4.69) is 4.90 Å². The topological polar surface area (TPSA) is 46.6 Å². The van der Waals surface area contributed by atoms with Crippen molar-refractivity contribution in [3.8, 4) is 0 Å². The van der Waals surface area contributed by atoms with Gasteiger partial charge in [-0.2, -0.15) is 0 Å². The number of hydrogen-bond acceptors (Lipinski definition) is 4. The van der Waals surface area contributed by atoms with Gasteiger partial charge in [-0.15, -0.1) is 0 Å². The van der Waals surface area contributed by atoms with Crippen LogP contribution in [0.4, 0.5) is 0 Å². The Morgan fingerprint density at radius 2 is 1.88 bits per heavy atom. The number of ketones is 1. The van der Waals surface area contributed by atoms with Crippen LogP contribution in [0.3, 0.4) is 0 Å². The first-order valence-corrected chi connectivity index (χ1v) is 6.58. The molecule has 0 radical (unpaired) electrons. The molecule has 4 nitrogen and oxygen atoms in total. The summed E-state index contributed by atoms with van der Waals surface area (Å²) in [7, 11) is 0. The molecule has 0 amide bonds. The molecule has 1 heterocycles. The lowest BCUT2D eigenvalue weighted by molar-refractivity contribution is -0.145. The van der Waals surface area contributed by atoms with Gasteiger partial charge in [0.2, 0.25) is 0 Å². The van der Waals surface area contributed by atoms with Crippen molar-refractivity contribution in [3.63, 3.8) is 0 Å². The number of carbonyl (C=O) groups excluding carboxylic acids is 2. The Morgan fingerprint density at radius 3 is 2.47 bits per heavy atom. The summed E-state index contributed by atoms with van der Waals surface area (Å²) in [6.07, 6.45) is 3.90. The summed E-state index contributed by atoms with van der Waals surface area (Å²) >= 11 is 0. The Morgan fingerprint density at radius 1 is 1.24 bits per heavy atom. The lowest BCUT2D eigenvalue weighted by Crippen LogP contribution is -2.30. The molecule has 0 spiro atoms. The molecule has 2 aliphatic rings. The maximum Gasteiger partial charge on any atom is 0.313 e. The van der Waals surface area contributed by atoms with E-state index in [1.54, 1.807) is 6.92 Å². The van der Waals surface area contributed by atoms with Gasteiger partial charge in [-0.25, -0.2) is 0 Å². The van der Waals surface area contributed by atoms with Gasteiger partial charge in [0.1, 0.15) is 6.42 Å². The SMILES string of the molecule is CCOC(=O)CC(=O)CN1CC2CCCC2C1. The van der Waals surface area contributed by atoms with Crippen LogP contribution in [0.25, 0.3) is 0 Å². The van der Waals surface area contributed by atoms with Gasteiger partial charge in [0.25, 0.3) is 0 Å². The number of nitrogens with zero attached hydrogens (tertiary/aromatic N) is 1. The summed E-state index contributed by atoms with van der Waals surface area (Å²) in [6.45, 7) is 4.61. The monoisotopic (exact) mass is 239 g/mol. The van der Waals surface area contributed by atoms with Gasteiger partial charge in [0.15, 0.2) is 5.78 Å². The van der Waals surface area contributed by atoms with Crippen LogP contribution in [0, 0.1) is 11.8 Å². The zero-order chi connectivity index (χ0) is 12.3. The fourth-order valence-corrected chi connectivity index (χ4v) is 3.14. The largest absolute Gasteiger partial charge is 0.466 e. The predicted molar refractivity (Wildman–Crippen MR) is 63.5 cm³/mol. The molecule has 1 saturated carbocycles. The third kappa shape index (κ3) is 3.28. The van der Waals surface area contributed by atoms with E-state index >= 15 is 0 Å². The van der Waals surface area contributed by atoms with Crippen molar-refractivity contribution in [1.29, 1.82) is 0 Å². The minimum Gasteiger partial charge on any atom is -0.466 e. The standard InChI is InChI=1S/C13H21NO3/c1-2-17-13(16)6-12(15)9-14-7-10-4-3-5-11(10)8-14/h10-11H,2-9H2,1H3. The second-order valence-corrected chi connectivity index (χ2v) is 5.17. The molecule has 0 N–H and O–H groups in total. The lowest BCUT2D eigenvalue weighted by atomic mass is 10.0. The second-order valence-electron chi connectivity index (χ2n) is 5.17. The molecule has 2 atom stereocenters. The molecule has 17 heavy (non-hydrogen) atoms. The van der Waals surface area contributed by atoms with E-state index in [4.69, 9.17) is 4.74 Å². The minimum atomic E-state index is -0.392. The zero-order valence-corrected chi connectivity index (χ0v) is 10.5. The number of rotatable bonds is 5. The fourth-order valence-electron chi connectivity index (χ4n) is 3.14. The molecular formula is C13H21NO3. The minimum absolute atomic E-state index is 0.0107. The highest BCUT2D eigenvalue weighted by Gasteiger charge is 2.36. The second kappa shape index (κ2) is 5.63. The van der Waals surface area contributed by atoms with Crippen molar-refractivity contribution in [1.82, 2.24) is 4.90 Å². The van der Waals surface area contributed by atoms with Gasteiger partial charge in [0, 0.05) is 13.1 Å². The molecule has 2 fully saturated rings. The van der Waals surface area contributed by atoms with Crippen molar-refractivity contribution in [2.45, 2.75) is 32.6 Å². The fraction of sp³-hybridized carbons (Fsp3) is 0.846. The van der Waals surface area contributed by atoms with Gasteiger partial charge in [-0.05, 0) is 31.6 Å². The summed E-state index contributed by atoms with van der Waals surface area (Å²) in [4.78, 5) is 25.0. The number of esters is 1. The number of fused-ring (bicyclic) bond motifs is 1. The first-order valence-electron chi connectivity index (χ1n) is 6.58. The van der Waals surface area contributed by atoms with Crippen LogP contribution in [-0.4, -0.2) is 42.9 Å². The Hall–Kier alpha value is -0.900. The molecular weight excluding hydrogens is 218 g/mol. The van der Waals surface area contributed by atoms with Crippen molar-refractivity contribution < 1.29 is 14.3 Å². The molecule has 0 aromatic heterocycles. The number of carbonyl (C=O) groups is 2. The third-order valence-electron chi connectivity index (χ3n) is 3.85. The molecule has 4 heteroatoms. The van der Waals surface area contributed by atoms with E-state index in [-0.39, 0.29) is 12.2 Å². The average molecular weight is 239 g/mol. The molecule has 2 unspecified atom stereocenters. The van der Waals surface area contributed by atoms with E-state index in [0.29, 0.717) is 13.2 Å². The van der Waals surface area contributed by atoms with E-state index in [9.17, 15) is 9.59 Å². The van der Waals surface area contributed by atoms with Crippen molar-refractivity contribution in [3.05, 3.63) is 0 Å². The Balaban J connectivity index is 1.71. The van der Waals surface area contributed by atoms with E-state index < -0.39 is 5.97 Å². The van der Waals surface area contributed by atoms with E-state index in [0.717, 1.165) is 24.9 Å². The molecule has 1 aliphatic carbocycles. The van der Waals surface area contributed by atoms with Crippen LogP contribution in [-0.2, 0) is 14.3 Å². The quantitative estimate of drug-likeness (QED) is 0.535. The average Bonchev–Trinajstić information content (AvgIpc) is 2.77. The highest BCUT2D eigenvalue weighted by atomic mass is 16.5. The van der Waals surface area contributed by atoms with Crippen LogP contribution in [0.15, 0.2) is 0 Å². The van der Waals surface area contributed by atoms with Crippen LogP contribution >= 0.6 is 0 Å². The molecule has 2 rings (SSSR count). The first kappa shape index (κ1) is 12.6. The predicted octanol–water partition coefficient (Wildman–Crippen LogP) is 1.24. The van der Waals surface area contributed by atoms with Crippen molar-refractivity contribution in [2.75, 3.05) is 26.2 Å². The van der Waals surface area contributed by atoms with Crippen molar-refractivity contribution >= 4 is 11.8 Å². The number of Topliss-reactive ketones (excluding diaryl/α,β-unsaturated/α-hetero) is 1. The smallest absolute Gasteiger partial charge is 0.313 e. The summed E-state index contributed by atoms with van der Waals surface area (Å²) in [5, 5.41) is 0. The van der Waals surface area contributed by atoms with E-state index in [1.807, 2.05) is 0 Å². The molecule has 0 bridgehead atoms. The summed E-state index contributed by atoms with van der Waals surface area (Å²) in [5.74, 6) is 1.19. The summed E-state index contributed by atoms with van der Waals surface area (Å²) < 4.78 is 4.77. The van der Waals surface area contributed by atoms with Crippen molar-refractivity contribution in [2.24, 2.45) is 11.8 Å². The highest BCUT2D eigenvalue weighted by molar-refractivity contribution is 5.96. The Bertz CT molecular complexity index is 291. The van der Waals surface area contributed by atoms with E-state index in [1.165, 1.54) is 19.3 Å². The Labute approximate surface area is 102 Å². The third-order valence-corrected chi connectivity index (χ3v) is 3.85. The van der Waals surface area contributed by atoms with Crippen LogP contribution in [0.1, 0.15) is 32.6 Å². The van der Waals surface area contributed by atoms with Gasteiger partial charge in [-0.3, -0.25) is 14.5 Å². The number of hydrogen-bond donors (Lipinski definition) is 0. The molecule has 0 aromatic rings. The van der Waals surface area contributed by atoms with Crippen LogP contribution in [0.5, 0.6) is 0 Å². The summed E-state index contributed by atoms with van der Waals surface area (Å²) in [6, 6.07) is 0. The maximum atomic E-state index is 11.7. The van der Waals surface area contributed by atoms with Gasteiger partial charge >= 0.3 is 5.97 Å². The Kier molecular flexibility index (Phi) is 4.15. The lowest BCUT2D eigenvalue weighted by Gasteiger charge is -2.15. The van der Waals surface area contributed by atoms with Crippen LogP contribution in [0.2, 0.25) is 0 Å². The number of ether oxygens (including phenoxy) is 1. The molecule has 0 aromatic carbocycles. The zero-order valence-electron chi connectivity index (χ0n) is 10.5. The maximum absolute atomic E-state index is 11.7. The first-order chi connectivity index (χ1) is 8.19. The van der Waals surface area contributed by atoms with Crippen LogP contribution < -0.4 is 0 Å². The molecule has 96 valence electrons.